The molecule has 1 heterocycles. The van der Waals surface area contributed by atoms with Crippen LogP contribution in [0.25, 0.3) is 0 Å². The largest absolute Gasteiger partial charge is 0.395 e. The zero-order valence-electron chi connectivity index (χ0n) is 11.3. The van der Waals surface area contributed by atoms with Crippen molar-refractivity contribution in [3.63, 3.8) is 0 Å². The summed E-state index contributed by atoms with van der Waals surface area (Å²) in [6.45, 7) is 1.54. The maximum Gasteiger partial charge on any atom is 0.260 e. The number of nitrogens with one attached hydrogen (secondary N) is 1. The summed E-state index contributed by atoms with van der Waals surface area (Å²) in [5.41, 5.74) is 1.02. The number of rotatable bonds is 3. The van der Waals surface area contributed by atoms with Gasteiger partial charge in [0.1, 0.15) is 17.1 Å². The third-order valence-corrected chi connectivity index (χ3v) is 2.69. The van der Waals surface area contributed by atoms with Gasteiger partial charge in [0, 0.05) is 6.42 Å². The van der Waals surface area contributed by atoms with Gasteiger partial charge >= 0.3 is 0 Å². The number of nitrogens with zero attached hydrogens (tertiary/aromatic N) is 1. The van der Waals surface area contributed by atoms with E-state index in [9.17, 15) is 9.18 Å². The van der Waals surface area contributed by atoms with Crippen molar-refractivity contribution in [3.8, 4) is 11.8 Å². The molecule has 1 aromatic carbocycles. The van der Waals surface area contributed by atoms with Crippen molar-refractivity contribution in [1.82, 2.24) is 5.16 Å². The number of anilines is 1. The van der Waals surface area contributed by atoms with Crippen molar-refractivity contribution < 1.29 is 18.8 Å². The van der Waals surface area contributed by atoms with E-state index in [4.69, 9.17) is 9.63 Å². The van der Waals surface area contributed by atoms with Crippen molar-refractivity contribution in [3.05, 3.63) is 47.1 Å². The minimum Gasteiger partial charge on any atom is -0.395 e. The molecule has 0 spiro atoms. The van der Waals surface area contributed by atoms with Gasteiger partial charge in [-0.3, -0.25) is 4.79 Å². The second-order valence-electron chi connectivity index (χ2n) is 4.22. The highest BCUT2D eigenvalue weighted by molar-refractivity contribution is 6.05. The van der Waals surface area contributed by atoms with Crippen molar-refractivity contribution in [2.45, 2.75) is 13.3 Å². The molecule has 0 unspecified atom stereocenters. The highest BCUT2D eigenvalue weighted by Gasteiger charge is 2.14. The number of hydrogen-bond donors (Lipinski definition) is 2. The van der Waals surface area contributed by atoms with Crippen molar-refractivity contribution in [1.29, 1.82) is 0 Å². The zero-order chi connectivity index (χ0) is 15.2. The van der Waals surface area contributed by atoms with E-state index in [1.54, 1.807) is 6.92 Å². The topological polar surface area (TPSA) is 75.4 Å². The standard InChI is InChI=1S/C15H13FN2O3/c1-10-13(9-17-21-10)15(20)18-14-6-5-12(16)8-11(14)4-2-3-7-19/h5-6,8-9,19H,3,7H2,1H3,(H,18,20). The van der Waals surface area contributed by atoms with Crippen LogP contribution in [0.5, 0.6) is 0 Å². The third-order valence-electron chi connectivity index (χ3n) is 2.69. The fourth-order valence-electron chi connectivity index (χ4n) is 1.65. The highest BCUT2D eigenvalue weighted by atomic mass is 19.1. The van der Waals surface area contributed by atoms with Gasteiger partial charge in [0.2, 0.25) is 0 Å². The molecular formula is C15H13FN2O3. The molecule has 1 aromatic heterocycles. The van der Waals surface area contributed by atoms with Crippen molar-refractivity contribution >= 4 is 11.6 Å². The van der Waals surface area contributed by atoms with Gasteiger partial charge in [0.05, 0.1) is 24.1 Å². The second kappa shape index (κ2) is 6.68. The quantitative estimate of drug-likeness (QED) is 0.848. The lowest BCUT2D eigenvalue weighted by Crippen LogP contribution is -2.13. The van der Waals surface area contributed by atoms with Crippen LogP contribution in [0, 0.1) is 24.6 Å². The van der Waals surface area contributed by atoms with E-state index in [1.165, 1.54) is 24.4 Å². The first-order chi connectivity index (χ1) is 10.1. The minimum absolute atomic E-state index is 0.0795. The smallest absolute Gasteiger partial charge is 0.260 e. The summed E-state index contributed by atoms with van der Waals surface area (Å²) in [7, 11) is 0. The Morgan fingerprint density at radius 2 is 2.33 bits per heavy atom. The lowest BCUT2D eigenvalue weighted by Gasteiger charge is -2.06. The Morgan fingerprint density at radius 1 is 1.52 bits per heavy atom. The zero-order valence-corrected chi connectivity index (χ0v) is 11.3. The molecule has 2 rings (SSSR count). The molecule has 0 aliphatic rings. The Bertz CT molecular complexity index is 713. The first kappa shape index (κ1) is 14.8. The van der Waals surface area contributed by atoms with E-state index in [2.05, 4.69) is 22.3 Å². The number of aliphatic hydroxyl groups excluding tert-OH is 1. The van der Waals surface area contributed by atoms with Crippen LogP contribution in [-0.4, -0.2) is 22.8 Å². The van der Waals surface area contributed by atoms with E-state index in [0.717, 1.165) is 0 Å². The Labute approximate surface area is 120 Å². The van der Waals surface area contributed by atoms with Crippen LogP contribution < -0.4 is 5.32 Å². The summed E-state index contributed by atoms with van der Waals surface area (Å²) >= 11 is 0. The number of carbonyl (C=O) groups is 1. The van der Waals surface area contributed by atoms with Crippen LogP contribution in [0.4, 0.5) is 10.1 Å². The van der Waals surface area contributed by atoms with E-state index in [0.29, 0.717) is 22.6 Å². The molecule has 2 N–H and O–H groups in total. The predicted octanol–water partition coefficient (Wildman–Crippen LogP) is 2.11. The fourth-order valence-corrected chi connectivity index (χ4v) is 1.65. The number of aryl methyl sites for hydroxylation is 1. The second-order valence-corrected chi connectivity index (χ2v) is 4.22. The Hall–Kier alpha value is -2.65. The lowest BCUT2D eigenvalue weighted by molar-refractivity contribution is 0.102. The molecule has 108 valence electrons. The SMILES string of the molecule is Cc1oncc1C(=O)Nc1ccc(F)cc1C#CCCO. The average molecular weight is 288 g/mol. The van der Waals surface area contributed by atoms with Crippen LogP contribution >= 0.6 is 0 Å². The number of hydrogen-bond acceptors (Lipinski definition) is 4. The van der Waals surface area contributed by atoms with Gasteiger partial charge in [0.25, 0.3) is 5.91 Å². The molecule has 21 heavy (non-hydrogen) atoms. The predicted molar refractivity (Wildman–Crippen MR) is 74.2 cm³/mol. The molecule has 0 atom stereocenters. The highest BCUT2D eigenvalue weighted by Crippen LogP contribution is 2.18. The molecule has 0 bridgehead atoms. The normalized spacial score (nSPS) is 9.86. The van der Waals surface area contributed by atoms with E-state index < -0.39 is 11.7 Å². The number of halogens is 1. The number of benzene rings is 1. The molecule has 0 radical (unpaired) electrons. The Morgan fingerprint density at radius 3 is 3.00 bits per heavy atom. The summed E-state index contributed by atoms with van der Waals surface area (Å²) in [6, 6.07) is 3.88. The van der Waals surface area contributed by atoms with E-state index in [1.807, 2.05) is 0 Å². The van der Waals surface area contributed by atoms with Crippen molar-refractivity contribution in [2.24, 2.45) is 0 Å². The maximum atomic E-state index is 13.3. The van der Waals surface area contributed by atoms with Crippen LogP contribution in [0.1, 0.15) is 28.1 Å². The van der Waals surface area contributed by atoms with Crippen LogP contribution in [0.3, 0.4) is 0 Å². The van der Waals surface area contributed by atoms with Gasteiger partial charge in [-0.1, -0.05) is 17.0 Å². The van der Waals surface area contributed by atoms with Gasteiger partial charge < -0.3 is 14.9 Å². The van der Waals surface area contributed by atoms with E-state index >= 15 is 0 Å². The fraction of sp³-hybridized carbons (Fsp3) is 0.200. The maximum absolute atomic E-state index is 13.3. The molecule has 6 heteroatoms. The van der Waals surface area contributed by atoms with Gasteiger partial charge in [-0.15, -0.1) is 0 Å². The molecule has 0 aliphatic carbocycles. The number of amides is 1. The van der Waals surface area contributed by atoms with Gasteiger partial charge in [-0.05, 0) is 25.1 Å². The molecule has 1 amide bonds. The minimum atomic E-state index is -0.456. The van der Waals surface area contributed by atoms with Gasteiger partial charge in [-0.2, -0.15) is 0 Å². The summed E-state index contributed by atoms with van der Waals surface area (Å²) in [5, 5.41) is 14.9. The summed E-state index contributed by atoms with van der Waals surface area (Å²) < 4.78 is 18.1. The first-order valence-electron chi connectivity index (χ1n) is 6.23. The molecule has 0 aliphatic heterocycles. The van der Waals surface area contributed by atoms with E-state index in [-0.39, 0.29) is 13.0 Å². The average Bonchev–Trinajstić information content (AvgIpc) is 2.88. The van der Waals surface area contributed by atoms with Crippen LogP contribution in [0.2, 0.25) is 0 Å². The van der Waals surface area contributed by atoms with Gasteiger partial charge in [-0.25, -0.2) is 4.39 Å². The number of carbonyl (C=O) groups excluding carboxylic acids is 1. The van der Waals surface area contributed by atoms with Crippen LogP contribution in [0.15, 0.2) is 28.9 Å². The molecule has 5 nitrogen and oxygen atoms in total. The number of aliphatic hydroxyl groups is 1. The molecule has 0 fully saturated rings. The number of aromatic nitrogens is 1. The summed E-state index contributed by atoms with van der Waals surface area (Å²) in [5.74, 6) is 4.93. The molecule has 0 saturated carbocycles. The van der Waals surface area contributed by atoms with Crippen LogP contribution in [-0.2, 0) is 0 Å². The summed E-state index contributed by atoms with van der Waals surface area (Å²) in [4.78, 5) is 12.1. The molecular weight excluding hydrogens is 275 g/mol. The Balaban J connectivity index is 2.26. The molecule has 0 saturated heterocycles. The first-order valence-corrected chi connectivity index (χ1v) is 6.23. The monoisotopic (exact) mass is 288 g/mol. The lowest BCUT2D eigenvalue weighted by atomic mass is 10.1. The Kier molecular flexibility index (Phi) is 4.69. The molecule has 2 aromatic rings. The third kappa shape index (κ3) is 3.68. The van der Waals surface area contributed by atoms with Gasteiger partial charge in [0.15, 0.2) is 0 Å². The van der Waals surface area contributed by atoms with Crippen molar-refractivity contribution in [2.75, 3.05) is 11.9 Å². The summed E-state index contributed by atoms with van der Waals surface area (Å²) in [6.07, 6.45) is 1.58.